The highest BCUT2D eigenvalue weighted by atomic mass is 32.2. The van der Waals surface area contributed by atoms with Gasteiger partial charge in [-0.1, -0.05) is 42.5 Å². The predicted octanol–water partition coefficient (Wildman–Crippen LogP) is 4.57. The zero-order valence-corrected chi connectivity index (χ0v) is 21.5. The summed E-state index contributed by atoms with van der Waals surface area (Å²) in [6, 6.07) is 25.1. The Morgan fingerprint density at radius 2 is 1.60 bits per heavy atom. The largest absolute Gasteiger partial charge is 0.489 e. The van der Waals surface area contributed by atoms with Crippen molar-refractivity contribution in [1.82, 2.24) is 9.80 Å². The molecule has 0 aliphatic carbocycles. The van der Waals surface area contributed by atoms with Gasteiger partial charge >= 0.3 is 0 Å². The van der Waals surface area contributed by atoms with Crippen molar-refractivity contribution in [2.75, 3.05) is 37.8 Å². The minimum atomic E-state index is -3.17. The zero-order valence-electron chi connectivity index (χ0n) is 19.9. The Kier molecular flexibility index (Phi) is 8.38. The molecule has 3 aromatic carbocycles. The third-order valence-corrected chi connectivity index (χ3v) is 7.48. The number of benzene rings is 3. The van der Waals surface area contributed by atoms with Gasteiger partial charge in [-0.3, -0.25) is 4.90 Å². The number of hydrogen-bond acceptors (Lipinski definition) is 5. The average molecular weight is 510 g/mol. The number of hydrogen-bond donors (Lipinski definition) is 1. The maximum Gasteiger partial charge on any atom is 0.175 e. The van der Waals surface area contributed by atoms with Crippen molar-refractivity contribution in [2.45, 2.75) is 24.5 Å². The first-order valence-electron chi connectivity index (χ1n) is 11.7. The molecule has 35 heavy (non-hydrogen) atoms. The van der Waals surface area contributed by atoms with E-state index in [2.05, 4.69) is 15.1 Å². The Hall–Kier alpha value is -2.94. The zero-order chi connectivity index (χ0) is 24.7. The second-order valence-electron chi connectivity index (χ2n) is 8.76. The molecule has 1 N–H and O–H groups in total. The molecule has 1 aliphatic heterocycles. The van der Waals surface area contributed by atoms with E-state index in [1.54, 1.807) is 12.1 Å². The van der Waals surface area contributed by atoms with E-state index in [1.165, 1.54) is 6.26 Å². The monoisotopic (exact) mass is 509 g/mol. The standard InChI is InChI=1S/C27H31N3O3S2/c1-35(31,32)26-14-8-22(9-15-26)20-29-16-5-17-30(19-18-29)27(34)28-24-10-12-25(13-11-24)33-21-23-6-3-2-4-7-23/h2-4,6-15H,5,16-21H2,1H3,(H,28,34). The van der Waals surface area contributed by atoms with Crippen molar-refractivity contribution in [1.29, 1.82) is 0 Å². The van der Waals surface area contributed by atoms with Crippen LogP contribution in [0.15, 0.2) is 83.8 Å². The number of sulfone groups is 1. The van der Waals surface area contributed by atoms with Gasteiger partial charge in [0.2, 0.25) is 0 Å². The van der Waals surface area contributed by atoms with Gasteiger partial charge in [-0.05, 0) is 66.2 Å². The van der Waals surface area contributed by atoms with Crippen LogP contribution in [0.3, 0.4) is 0 Å². The third kappa shape index (κ3) is 7.52. The van der Waals surface area contributed by atoms with Gasteiger partial charge in [0.1, 0.15) is 12.4 Å². The molecule has 4 rings (SSSR count). The second kappa shape index (κ2) is 11.7. The minimum absolute atomic E-state index is 0.357. The third-order valence-electron chi connectivity index (χ3n) is 5.99. The molecule has 0 spiro atoms. The molecule has 0 amide bonds. The number of rotatable bonds is 7. The van der Waals surface area contributed by atoms with E-state index in [9.17, 15) is 8.42 Å². The second-order valence-corrected chi connectivity index (χ2v) is 11.2. The van der Waals surface area contributed by atoms with Crippen LogP contribution >= 0.6 is 12.2 Å². The Bertz CT molecular complexity index is 1210. The van der Waals surface area contributed by atoms with Gasteiger partial charge in [0.25, 0.3) is 0 Å². The molecular formula is C27H31N3O3S2. The number of thiocarbonyl (C=S) groups is 1. The molecule has 1 aliphatic rings. The van der Waals surface area contributed by atoms with E-state index in [4.69, 9.17) is 17.0 Å². The van der Waals surface area contributed by atoms with E-state index < -0.39 is 9.84 Å². The summed E-state index contributed by atoms with van der Waals surface area (Å²) in [6.07, 6.45) is 2.24. The summed E-state index contributed by atoms with van der Waals surface area (Å²) in [4.78, 5) is 4.95. The van der Waals surface area contributed by atoms with Gasteiger partial charge in [0.05, 0.1) is 4.90 Å². The molecule has 0 aromatic heterocycles. The Morgan fingerprint density at radius 1 is 0.886 bits per heavy atom. The topological polar surface area (TPSA) is 61.9 Å². The first kappa shape index (κ1) is 25.2. The summed E-state index contributed by atoms with van der Waals surface area (Å²) in [7, 11) is -3.17. The Morgan fingerprint density at radius 3 is 2.29 bits per heavy atom. The van der Waals surface area contributed by atoms with Crippen molar-refractivity contribution in [3.63, 3.8) is 0 Å². The Labute approximate surface area is 213 Å². The molecule has 1 saturated heterocycles. The van der Waals surface area contributed by atoms with E-state index >= 15 is 0 Å². The first-order chi connectivity index (χ1) is 16.9. The fourth-order valence-corrected chi connectivity index (χ4v) is 4.94. The lowest BCUT2D eigenvalue weighted by atomic mass is 10.2. The van der Waals surface area contributed by atoms with Gasteiger partial charge in [0, 0.05) is 44.7 Å². The quantitative estimate of drug-likeness (QED) is 0.468. The highest BCUT2D eigenvalue weighted by Gasteiger charge is 2.17. The summed E-state index contributed by atoms with van der Waals surface area (Å²) in [6.45, 7) is 4.93. The van der Waals surface area contributed by atoms with Crippen LogP contribution in [0.5, 0.6) is 5.75 Å². The van der Waals surface area contributed by atoms with E-state index in [0.717, 1.165) is 66.8 Å². The molecule has 0 bridgehead atoms. The molecule has 3 aromatic rings. The van der Waals surface area contributed by atoms with Crippen LogP contribution in [0.2, 0.25) is 0 Å². The fraction of sp³-hybridized carbons (Fsp3) is 0.296. The van der Waals surface area contributed by atoms with Crippen LogP contribution in [0, 0.1) is 0 Å². The first-order valence-corrected chi connectivity index (χ1v) is 14.0. The van der Waals surface area contributed by atoms with Crippen LogP contribution in [0.4, 0.5) is 5.69 Å². The summed E-state index contributed by atoms with van der Waals surface area (Å²) in [5, 5.41) is 4.08. The lowest BCUT2D eigenvalue weighted by molar-refractivity contribution is 0.278. The molecule has 0 atom stereocenters. The molecular weight excluding hydrogens is 478 g/mol. The predicted molar refractivity (Wildman–Crippen MR) is 144 cm³/mol. The lowest BCUT2D eigenvalue weighted by Crippen LogP contribution is -2.37. The highest BCUT2D eigenvalue weighted by molar-refractivity contribution is 7.90. The van der Waals surface area contributed by atoms with E-state index in [0.29, 0.717) is 11.5 Å². The van der Waals surface area contributed by atoms with Gasteiger partial charge in [-0.25, -0.2) is 8.42 Å². The SMILES string of the molecule is CS(=O)(=O)c1ccc(CN2CCCN(C(=S)Nc3ccc(OCc4ccccc4)cc3)CC2)cc1. The van der Waals surface area contributed by atoms with Crippen LogP contribution in [-0.4, -0.2) is 55.8 Å². The lowest BCUT2D eigenvalue weighted by Gasteiger charge is -2.25. The smallest absolute Gasteiger partial charge is 0.175 e. The molecule has 6 nitrogen and oxygen atoms in total. The van der Waals surface area contributed by atoms with Crippen molar-refractivity contribution >= 4 is 32.9 Å². The molecule has 0 unspecified atom stereocenters. The summed E-state index contributed by atoms with van der Waals surface area (Å²) in [5.41, 5.74) is 3.19. The average Bonchev–Trinajstić information content (AvgIpc) is 3.10. The molecule has 1 heterocycles. The fourth-order valence-electron chi connectivity index (χ4n) is 4.01. The van der Waals surface area contributed by atoms with E-state index in [1.807, 2.05) is 66.7 Å². The Balaban J connectivity index is 1.25. The number of ether oxygens (including phenoxy) is 1. The highest BCUT2D eigenvalue weighted by Crippen LogP contribution is 2.18. The summed E-state index contributed by atoms with van der Waals surface area (Å²) >= 11 is 5.69. The normalized spacial score (nSPS) is 14.8. The van der Waals surface area contributed by atoms with Crippen molar-refractivity contribution in [3.05, 3.63) is 90.0 Å². The molecule has 0 radical (unpaired) electrons. The number of nitrogens with one attached hydrogen (secondary N) is 1. The van der Waals surface area contributed by atoms with Crippen molar-refractivity contribution < 1.29 is 13.2 Å². The maximum absolute atomic E-state index is 11.7. The van der Waals surface area contributed by atoms with Crippen LogP contribution in [0.25, 0.3) is 0 Å². The number of anilines is 1. The minimum Gasteiger partial charge on any atom is -0.489 e. The summed E-state index contributed by atoms with van der Waals surface area (Å²) in [5.74, 6) is 0.820. The molecule has 184 valence electrons. The van der Waals surface area contributed by atoms with Gasteiger partial charge < -0.3 is 15.0 Å². The molecule has 1 fully saturated rings. The van der Waals surface area contributed by atoms with Crippen LogP contribution < -0.4 is 10.1 Å². The van der Waals surface area contributed by atoms with Crippen LogP contribution in [0.1, 0.15) is 17.5 Å². The van der Waals surface area contributed by atoms with E-state index in [-0.39, 0.29) is 0 Å². The summed E-state index contributed by atoms with van der Waals surface area (Å²) < 4.78 is 29.2. The maximum atomic E-state index is 11.7. The molecule has 8 heteroatoms. The van der Waals surface area contributed by atoms with Gasteiger partial charge in [0.15, 0.2) is 14.9 Å². The number of nitrogens with zero attached hydrogens (tertiary/aromatic N) is 2. The van der Waals surface area contributed by atoms with Gasteiger partial charge in [-0.2, -0.15) is 0 Å². The van der Waals surface area contributed by atoms with Crippen molar-refractivity contribution in [3.8, 4) is 5.75 Å². The van der Waals surface area contributed by atoms with Crippen LogP contribution in [-0.2, 0) is 23.0 Å². The van der Waals surface area contributed by atoms with Gasteiger partial charge in [-0.15, -0.1) is 0 Å². The molecule has 0 saturated carbocycles. The van der Waals surface area contributed by atoms with Crippen molar-refractivity contribution in [2.24, 2.45) is 0 Å².